The van der Waals surface area contributed by atoms with E-state index in [9.17, 15) is 13.2 Å². The minimum Gasteiger partial charge on any atom is -0.467 e. The van der Waals surface area contributed by atoms with E-state index in [-0.39, 0.29) is 49.7 Å². The molecule has 0 spiro atoms. The Hall–Kier alpha value is -2.01. The second-order valence-electron chi connectivity index (χ2n) is 5.96. The summed E-state index contributed by atoms with van der Waals surface area (Å²) in [6, 6.07) is 6.44. The van der Waals surface area contributed by atoms with Crippen molar-refractivity contribution in [1.82, 2.24) is 10.6 Å². The molecule has 2 aromatic rings. The maximum Gasteiger partial charge on any atom is 0.191 e. The van der Waals surface area contributed by atoms with E-state index >= 15 is 0 Å². The number of guanidine groups is 1. The van der Waals surface area contributed by atoms with Crippen molar-refractivity contribution in [1.29, 1.82) is 0 Å². The van der Waals surface area contributed by atoms with Gasteiger partial charge in [0.1, 0.15) is 11.6 Å². The quantitative estimate of drug-likeness (QED) is 0.367. The number of nitrogens with one attached hydrogen (secondary N) is 2. The molecule has 0 unspecified atom stereocenters. The first kappa shape index (κ1) is 22.3. The van der Waals surface area contributed by atoms with Gasteiger partial charge in [-0.25, -0.2) is 18.2 Å². The molecule has 5 nitrogen and oxygen atoms in total. The molecule has 0 amide bonds. The van der Waals surface area contributed by atoms with Crippen LogP contribution in [0, 0.1) is 17.5 Å². The summed E-state index contributed by atoms with van der Waals surface area (Å²) < 4.78 is 50.8. The zero-order valence-corrected chi connectivity index (χ0v) is 17.6. The van der Waals surface area contributed by atoms with Gasteiger partial charge in [-0.3, -0.25) is 0 Å². The van der Waals surface area contributed by atoms with Crippen LogP contribution in [-0.4, -0.2) is 19.3 Å². The second-order valence-corrected chi connectivity index (χ2v) is 5.96. The van der Waals surface area contributed by atoms with Crippen LogP contribution in [0.15, 0.2) is 35.3 Å². The highest BCUT2D eigenvalue weighted by Crippen LogP contribution is 2.29. The largest absolute Gasteiger partial charge is 0.467 e. The van der Waals surface area contributed by atoms with E-state index < -0.39 is 11.6 Å². The Kier molecular flexibility index (Phi) is 8.36. The molecule has 0 saturated heterocycles. The monoisotopic (exact) mass is 507 g/mol. The number of halogens is 4. The molecule has 28 heavy (non-hydrogen) atoms. The maximum absolute atomic E-state index is 13.8. The smallest absolute Gasteiger partial charge is 0.191 e. The molecular weight excluding hydrogens is 486 g/mol. The number of fused-ring (bicyclic) bond motifs is 1. The second kappa shape index (κ2) is 10.5. The summed E-state index contributed by atoms with van der Waals surface area (Å²) in [5, 5.41) is 6.15. The fraction of sp³-hybridized carbons (Fsp3) is 0.316. The number of nitrogens with zero attached hydrogens (tertiary/aromatic N) is 1. The lowest BCUT2D eigenvalue weighted by molar-refractivity contribution is -0.0172. The van der Waals surface area contributed by atoms with Gasteiger partial charge in [-0.2, -0.15) is 0 Å². The normalized spacial score (nSPS) is 13.2. The van der Waals surface area contributed by atoms with E-state index in [1.807, 2.05) is 6.92 Å². The first-order valence-corrected chi connectivity index (χ1v) is 8.54. The van der Waals surface area contributed by atoms with E-state index in [0.29, 0.717) is 41.6 Å². The third-order valence-corrected chi connectivity index (χ3v) is 3.95. The van der Waals surface area contributed by atoms with E-state index in [1.165, 1.54) is 18.2 Å². The van der Waals surface area contributed by atoms with Gasteiger partial charge in [0.25, 0.3) is 0 Å². The summed E-state index contributed by atoms with van der Waals surface area (Å²) in [5.74, 6) is -1.11. The van der Waals surface area contributed by atoms with Gasteiger partial charge in [-0.15, -0.1) is 24.0 Å². The third-order valence-electron chi connectivity index (χ3n) is 3.95. The van der Waals surface area contributed by atoms with Gasteiger partial charge in [0.15, 0.2) is 24.4 Å². The lowest BCUT2D eigenvalue weighted by Crippen LogP contribution is -2.37. The third kappa shape index (κ3) is 5.74. The summed E-state index contributed by atoms with van der Waals surface area (Å²) in [7, 11) is 0. The van der Waals surface area contributed by atoms with Crippen LogP contribution < -0.4 is 15.4 Å². The van der Waals surface area contributed by atoms with Crippen molar-refractivity contribution in [2.45, 2.75) is 26.6 Å². The van der Waals surface area contributed by atoms with Gasteiger partial charge in [0.05, 0.1) is 13.2 Å². The van der Waals surface area contributed by atoms with Gasteiger partial charge in [0, 0.05) is 24.2 Å². The Morgan fingerprint density at radius 3 is 2.68 bits per heavy atom. The van der Waals surface area contributed by atoms with Crippen molar-refractivity contribution in [3.63, 3.8) is 0 Å². The first-order valence-electron chi connectivity index (χ1n) is 8.54. The van der Waals surface area contributed by atoms with Crippen molar-refractivity contribution in [2.75, 3.05) is 13.3 Å². The van der Waals surface area contributed by atoms with Crippen molar-refractivity contribution >= 4 is 29.9 Å². The van der Waals surface area contributed by atoms with E-state index in [2.05, 4.69) is 15.6 Å². The fourth-order valence-corrected chi connectivity index (χ4v) is 2.72. The maximum atomic E-state index is 13.8. The van der Waals surface area contributed by atoms with Crippen molar-refractivity contribution < 1.29 is 22.6 Å². The summed E-state index contributed by atoms with van der Waals surface area (Å²) in [4.78, 5) is 4.35. The highest BCUT2D eigenvalue weighted by Gasteiger charge is 2.17. The molecule has 3 rings (SSSR count). The van der Waals surface area contributed by atoms with Crippen LogP contribution >= 0.6 is 24.0 Å². The molecule has 1 aliphatic rings. The number of rotatable bonds is 5. The molecule has 9 heteroatoms. The fourth-order valence-electron chi connectivity index (χ4n) is 2.72. The Morgan fingerprint density at radius 1 is 1.11 bits per heavy atom. The van der Waals surface area contributed by atoms with Crippen LogP contribution in [0.5, 0.6) is 5.75 Å². The Balaban J connectivity index is 0.00000280. The van der Waals surface area contributed by atoms with Crippen molar-refractivity contribution in [2.24, 2.45) is 4.99 Å². The molecule has 0 radical (unpaired) electrons. The van der Waals surface area contributed by atoms with Crippen molar-refractivity contribution in [3.05, 3.63) is 64.5 Å². The van der Waals surface area contributed by atoms with Crippen LogP contribution in [0.1, 0.15) is 23.6 Å². The molecule has 0 fully saturated rings. The van der Waals surface area contributed by atoms with E-state index in [1.54, 1.807) is 0 Å². The molecule has 1 aliphatic heterocycles. The minimum absolute atomic E-state index is 0. The van der Waals surface area contributed by atoms with Gasteiger partial charge in [-0.05, 0) is 36.8 Å². The van der Waals surface area contributed by atoms with E-state index in [0.717, 1.165) is 12.1 Å². The van der Waals surface area contributed by atoms with E-state index in [4.69, 9.17) is 9.47 Å². The SMILES string of the molecule is CCNC(=NCc1ccc(F)c(F)c1)NCc1cc(F)cc2c1OCOC2.I. The predicted molar refractivity (Wildman–Crippen MR) is 110 cm³/mol. The lowest BCUT2D eigenvalue weighted by Gasteiger charge is -2.21. The number of aliphatic imine (C=N–C) groups is 1. The van der Waals surface area contributed by atoms with Crippen molar-refractivity contribution in [3.8, 4) is 5.75 Å². The molecule has 0 aliphatic carbocycles. The molecule has 0 bridgehead atoms. The Labute approximate surface area is 178 Å². The molecule has 0 aromatic heterocycles. The number of ether oxygens (including phenoxy) is 2. The summed E-state index contributed by atoms with van der Waals surface area (Å²) in [6.45, 7) is 3.37. The summed E-state index contributed by atoms with van der Waals surface area (Å²) in [6.07, 6.45) is 0. The van der Waals surface area contributed by atoms with Crippen LogP contribution in [0.4, 0.5) is 13.2 Å². The zero-order valence-electron chi connectivity index (χ0n) is 15.2. The minimum atomic E-state index is -0.911. The standard InChI is InChI=1S/C19H20F3N3O2.HI/c1-2-23-19(24-8-12-3-4-16(21)17(22)5-12)25-9-13-6-15(20)7-14-10-26-11-27-18(13)14;/h3-7H,2,8-11H2,1H3,(H2,23,24,25);1H. The molecule has 152 valence electrons. The average molecular weight is 507 g/mol. The highest BCUT2D eigenvalue weighted by atomic mass is 127. The lowest BCUT2D eigenvalue weighted by atomic mass is 10.1. The molecule has 2 N–H and O–H groups in total. The van der Waals surface area contributed by atoms with Crippen LogP contribution in [-0.2, 0) is 24.4 Å². The Bertz CT molecular complexity index is 849. The molecular formula is C19H21F3IN3O2. The number of benzene rings is 2. The molecule has 0 saturated carbocycles. The highest BCUT2D eigenvalue weighted by molar-refractivity contribution is 14.0. The summed E-state index contributed by atoms with van der Waals surface area (Å²) in [5.41, 5.74) is 1.84. The first-order chi connectivity index (χ1) is 13.1. The van der Waals surface area contributed by atoms with Crippen LogP contribution in [0.25, 0.3) is 0 Å². The summed E-state index contributed by atoms with van der Waals surface area (Å²) >= 11 is 0. The zero-order chi connectivity index (χ0) is 19.2. The van der Waals surface area contributed by atoms with Gasteiger partial charge in [-0.1, -0.05) is 6.07 Å². The topological polar surface area (TPSA) is 54.9 Å². The number of hydrogen-bond acceptors (Lipinski definition) is 3. The molecule has 2 aromatic carbocycles. The average Bonchev–Trinajstić information content (AvgIpc) is 2.66. The van der Waals surface area contributed by atoms with Crippen LogP contribution in [0.2, 0.25) is 0 Å². The van der Waals surface area contributed by atoms with Gasteiger partial charge < -0.3 is 20.1 Å². The number of hydrogen-bond donors (Lipinski definition) is 2. The van der Waals surface area contributed by atoms with Gasteiger partial charge in [0.2, 0.25) is 0 Å². The predicted octanol–water partition coefficient (Wildman–Crippen LogP) is 3.84. The molecule has 0 atom stereocenters. The Morgan fingerprint density at radius 2 is 1.93 bits per heavy atom. The molecule has 1 heterocycles. The van der Waals surface area contributed by atoms with Gasteiger partial charge >= 0.3 is 0 Å². The van der Waals surface area contributed by atoms with Crippen LogP contribution in [0.3, 0.4) is 0 Å².